The van der Waals surface area contributed by atoms with Crippen LogP contribution in [0.15, 0.2) is 0 Å². The Balaban J connectivity index is 1.41. The molecule has 3 aliphatic heterocycles. The van der Waals surface area contributed by atoms with E-state index in [1.807, 2.05) is 0 Å². The predicted octanol–water partition coefficient (Wildman–Crippen LogP) is 6.38. The zero-order valence-electron chi connectivity index (χ0n) is 48.9. The standard InChI is InChI=1S/C60H115NO18/c1-3-5-7-9-11-13-14-15-16-17-18-19-20-21-22-23-24-25-26-27-28-30-31-33-35-37-44(65)43(61-48(66)38-36-34-32-29-12-10-8-6-4-2)42-74-58-54(72)51(69)56(46(40-63)76-58)79-60-55(73)52(70)57(47(41-64)77-60)78-59-53(71)50(68)49(67)45(39-62)75-59/h43-47,49-60,62-65,67-73H,3-42H2,1-2H3,(H,61,66). The first-order chi connectivity index (χ1) is 38.3. The van der Waals surface area contributed by atoms with Crippen LogP contribution in [0.3, 0.4) is 0 Å². The maximum absolute atomic E-state index is 13.3. The molecule has 17 unspecified atom stereocenters. The van der Waals surface area contributed by atoms with Crippen LogP contribution in [0.4, 0.5) is 0 Å². The summed E-state index contributed by atoms with van der Waals surface area (Å²) in [5, 5.41) is 120. The Hall–Kier alpha value is -1.21. The average Bonchev–Trinajstić information content (AvgIpc) is 3.55. The number of rotatable bonds is 48. The number of hydrogen-bond donors (Lipinski definition) is 12. The van der Waals surface area contributed by atoms with Gasteiger partial charge >= 0.3 is 0 Å². The molecule has 19 heteroatoms. The van der Waals surface area contributed by atoms with Crippen LogP contribution in [0.2, 0.25) is 0 Å². The first-order valence-electron chi connectivity index (χ1n) is 31.8. The molecule has 0 aromatic heterocycles. The average molecular weight is 1140 g/mol. The first-order valence-corrected chi connectivity index (χ1v) is 31.8. The highest BCUT2D eigenvalue weighted by molar-refractivity contribution is 5.76. The van der Waals surface area contributed by atoms with Gasteiger partial charge in [0.2, 0.25) is 5.91 Å². The van der Waals surface area contributed by atoms with Crippen molar-refractivity contribution in [3.8, 4) is 0 Å². The van der Waals surface area contributed by atoms with Gasteiger partial charge in [-0.1, -0.05) is 226 Å². The van der Waals surface area contributed by atoms with E-state index in [0.29, 0.717) is 12.8 Å². The molecule has 3 aliphatic rings. The second-order valence-electron chi connectivity index (χ2n) is 23.2. The molecule has 19 nitrogen and oxygen atoms in total. The maximum Gasteiger partial charge on any atom is 0.220 e. The molecule has 0 radical (unpaired) electrons. The highest BCUT2D eigenvalue weighted by atomic mass is 16.8. The minimum Gasteiger partial charge on any atom is -0.394 e. The normalized spacial score (nSPS) is 30.2. The summed E-state index contributed by atoms with van der Waals surface area (Å²) in [4.78, 5) is 13.3. The Morgan fingerprint density at radius 1 is 0.405 bits per heavy atom. The minimum atomic E-state index is -1.97. The molecule has 468 valence electrons. The molecule has 3 fully saturated rings. The quantitative estimate of drug-likeness (QED) is 0.0294. The van der Waals surface area contributed by atoms with E-state index in [9.17, 15) is 61.0 Å². The van der Waals surface area contributed by atoms with Crippen molar-refractivity contribution < 1.29 is 89.4 Å². The van der Waals surface area contributed by atoms with E-state index in [-0.39, 0.29) is 18.9 Å². The molecular formula is C60H115NO18. The Bertz CT molecular complexity index is 1450. The van der Waals surface area contributed by atoms with Crippen molar-refractivity contribution in [3.05, 3.63) is 0 Å². The lowest BCUT2D eigenvalue weighted by Crippen LogP contribution is -2.66. The van der Waals surface area contributed by atoms with Crippen LogP contribution < -0.4 is 5.32 Å². The number of hydrogen-bond acceptors (Lipinski definition) is 18. The summed E-state index contributed by atoms with van der Waals surface area (Å²) in [5.41, 5.74) is 0. The van der Waals surface area contributed by atoms with E-state index in [1.165, 1.54) is 167 Å². The summed E-state index contributed by atoms with van der Waals surface area (Å²) < 4.78 is 34.3. The van der Waals surface area contributed by atoms with Gasteiger partial charge in [0, 0.05) is 6.42 Å². The minimum absolute atomic E-state index is 0.243. The first kappa shape index (κ1) is 72.1. The van der Waals surface area contributed by atoms with Crippen LogP contribution in [0.1, 0.15) is 245 Å². The van der Waals surface area contributed by atoms with Gasteiger partial charge in [0.25, 0.3) is 0 Å². The van der Waals surface area contributed by atoms with Crippen LogP contribution in [0.25, 0.3) is 0 Å². The lowest BCUT2D eigenvalue weighted by molar-refractivity contribution is -0.379. The SMILES string of the molecule is CCCCCCCCCCCCCCCCCCCCCCCCCCCC(O)C(COC1OC(CO)C(OC2OC(CO)C(OC3OC(CO)C(O)C(O)C3O)C(O)C2O)C(O)C1O)NC(=O)CCCCCCCCCCC. The van der Waals surface area contributed by atoms with Crippen molar-refractivity contribution in [2.45, 2.75) is 349 Å². The number of unbranched alkanes of at least 4 members (excludes halogenated alkanes) is 32. The molecule has 12 N–H and O–H groups in total. The number of carbonyl (C=O) groups excluding carboxylic acids is 1. The Labute approximate surface area is 474 Å². The van der Waals surface area contributed by atoms with Crippen LogP contribution >= 0.6 is 0 Å². The van der Waals surface area contributed by atoms with Crippen molar-refractivity contribution in [1.29, 1.82) is 0 Å². The summed E-state index contributed by atoms with van der Waals surface area (Å²) in [6, 6.07) is -0.879. The van der Waals surface area contributed by atoms with Gasteiger partial charge in [-0.15, -0.1) is 0 Å². The molecule has 0 aromatic carbocycles. The topological polar surface area (TPSA) is 307 Å². The van der Waals surface area contributed by atoms with E-state index in [2.05, 4.69) is 19.2 Å². The fourth-order valence-corrected chi connectivity index (χ4v) is 11.2. The van der Waals surface area contributed by atoms with Crippen molar-refractivity contribution in [2.75, 3.05) is 26.4 Å². The fraction of sp³-hybridized carbons (Fsp3) is 0.983. The van der Waals surface area contributed by atoms with Crippen molar-refractivity contribution in [1.82, 2.24) is 5.32 Å². The Morgan fingerprint density at radius 3 is 1.10 bits per heavy atom. The lowest BCUT2D eigenvalue weighted by atomic mass is 9.96. The number of amides is 1. The molecule has 79 heavy (non-hydrogen) atoms. The van der Waals surface area contributed by atoms with Gasteiger partial charge in [-0.25, -0.2) is 0 Å². The highest BCUT2D eigenvalue weighted by Gasteiger charge is 2.53. The molecule has 0 spiro atoms. The third kappa shape index (κ3) is 28.0. The lowest BCUT2D eigenvalue weighted by Gasteiger charge is -2.48. The molecule has 0 bridgehead atoms. The number of aliphatic hydroxyl groups excluding tert-OH is 11. The molecule has 17 atom stereocenters. The van der Waals surface area contributed by atoms with E-state index in [4.69, 9.17) is 28.4 Å². The second kappa shape index (κ2) is 44.3. The Kier molecular flexibility index (Phi) is 40.4. The van der Waals surface area contributed by atoms with Gasteiger partial charge in [-0.05, 0) is 12.8 Å². The summed E-state index contributed by atoms with van der Waals surface area (Å²) in [5.74, 6) is -0.243. The van der Waals surface area contributed by atoms with Crippen LogP contribution in [-0.2, 0) is 33.2 Å². The Morgan fingerprint density at radius 2 is 0.722 bits per heavy atom. The van der Waals surface area contributed by atoms with E-state index < -0.39 is 124 Å². The third-order valence-electron chi connectivity index (χ3n) is 16.4. The second-order valence-corrected chi connectivity index (χ2v) is 23.2. The highest BCUT2D eigenvalue weighted by Crippen LogP contribution is 2.33. The number of aliphatic hydroxyl groups is 11. The summed E-state index contributed by atoms with van der Waals surface area (Å²) in [6.45, 7) is 1.78. The zero-order chi connectivity index (χ0) is 57.6. The monoisotopic (exact) mass is 1140 g/mol. The molecule has 3 rings (SSSR count). The van der Waals surface area contributed by atoms with Gasteiger partial charge in [0.1, 0.15) is 73.2 Å². The molecule has 1 amide bonds. The smallest absolute Gasteiger partial charge is 0.220 e. The predicted molar refractivity (Wildman–Crippen MR) is 300 cm³/mol. The van der Waals surface area contributed by atoms with Gasteiger partial charge < -0.3 is 89.9 Å². The summed E-state index contributed by atoms with van der Waals surface area (Å²) in [7, 11) is 0. The number of carbonyl (C=O) groups is 1. The summed E-state index contributed by atoms with van der Waals surface area (Å²) >= 11 is 0. The zero-order valence-corrected chi connectivity index (χ0v) is 48.9. The number of nitrogens with one attached hydrogen (secondary N) is 1. The van der Waals surface area contributed by atoms with Gasteiger partial charge in [-0.3, -0.25) is 4.79 Å². The van der Waals surface area contributed by atoms with Crippen molar-refractivity contribution >= 4 is 5.91 Å². The van der Waals surface area contributed by atoms with E-state index in [0.717, 1.165) is 44.9 Å². The van der Waals surface area contributed by atoms with Gasteiger partial charge in [0.15, 0.2) is 18.9 Å². The van der Waals surface area contributed by atoms with Crippen LogP contribution in [0.5, 0.6) is 0 Å². The van der Waals surface area contributed by atoms with Gasteiger partial charge in [-0.2, -0.15) is 0 Å². The van der Waals surface area contributed by atoms with Crippen LogP contribution in [-0.4, -0.2) is 193 Å². The van der Waals surface area contributed by atoms with E-state index in [1.54, 1.807) is 0 Å². The molecule has 0 saturated carbocycles. The molecule has 0 aromatic rings. The largest absolute Gasteiger partial charge is 0.394 e. The third-order valence-corrected chi connectivity index (χ3v) is 16.4. The number of ether oxygens (including phenoxy) is 6. The molecule has 3 heterocycles. The van der Waals surface area contributed by atoms with Crippen molar-refractivity contribution in [3.63, 3.8) is 0 Å². The fourth-order valence-electron chi connectivity index (χ4n) is 11.2. The maximum atomic E-state index is 13.3. The summed E-state index contributed by atoms with van der Waals surface area (Å²) in [6.07, 6.45) is 16.5. The van der Waals surface area contributed by atoms with Crippen LogP contribution in [0, 0.1) is 0 Å². The molecule has 3 saturated heterocycles. The van der Waals surface area contributed by atoms with E-state index >= 15 is 0 Å². The molecule has 0 aliphatic carbocycles. The molecular weight excluding hydrogens is 1020 g/mol. The van der Waals surface area contributed by atoms with Crippen molar-refractivity contribution in [2.24, 2.45) is 0 Å². The van der Waals surface area contributed by atoms with Gasteiger partial charge in [0.05, 0.1) is 38.6 Å².